The molecule has 4 rings (SSSR count). The number of hydrogen-bond acceptors (Lipinski definition) is 6. The van der Waals surface area contributed by atoms with E-state index in [9.17, 15) is 23.2 Å². The van der Waals surface area contributed by atoms with Crippen LogP contribution in [0.5, 0.6) is 0 Å². The second kappa shape index (κ2) is 9.66. The highest BCUT2D eigenvalue weighted by Crippen LogP contribution is 2.39. The fourth-order valence-corrected chi connectivity index (χ4v) is 5.61. The van der Waals surface area contributed by atoms with Crippen molar-refractivity contribution in [3.05, 3.63) is 35.2 Å². The molecule has 32 heavy (non-hydrogen) atoms. The SMILES string of the molecule is CSCC[C@H](C(=O)Nc1nc(-c2cc(F)ccc2F)cs1)N1C(=O)[C@H]2CCCC[C@@H]2C1=O. The van der Waals surface area contributed by atoms with E-state index in [0.29, 0.717) is 25.0 Å². The van der Waals surface area contributed by atoms with Crippen LogP contribution in [0, 0.1) is 23.5 Å². The van der Waals surface area contributed by atoms with Gasteiger partial charge in [-0.15, -0.1) is 11.3 Å². The second-order valence-corrected chi connectivity index (χ2v) is 9.84. The molecular formula is C22H23F2N3O3S2. The number of thioether (sulfide) groups is 1. The first-order valence-corrected chi connectivity index (χ1v) is 12.8. The summed E-state index contributed by atoms with van der Waals surface area (Å²) in [6.45, 7) is 0. The van der Waals surface area contributed by atoms with Crippen molar-refractivity contribution in [1.29, 1.82) is 0 Å². The van der Waals surface area contributed by atoms with Crippen molar-refractivity contribution >= 4 is 46.0 Å². The molecular weight excluding hydrogens is 456 g/mol. The van der Waals surface area contributed by atoms with Gasteiger partial charge in [-0.1, -0.05) is 12.8 Å². The van der Waals surface area contributed by atoms with Gasteiger partial charge in [0.25, 0.3) is 0 Å². The molecule has 1 aromatic heterocycles. The Labute approximate surface area is 192 Å². The molecule has 1 saturated carbocycles. The Kier molecular flexibility index (Phi) is 6.90. The predicted molar refractivity (Wildman–Crippen MR) is 120 cm³/mol. The fourth-order valence-electron chi connectivity index (χ4n) is 4.44. The molecule has 2 aliphatic rings. The van der Waals surface area contributed by atoms with E-state index < -0.39 is 23.6 Å². The van der Waals surface area contributed by atoms with Crippen LogP contribution in [0.3, 0.4) is 0 Å². The minimum atomic E-state index is -0.925. The van der Waals surface area contributed by atoms with Gasteiger partial charge in [-0.25, -0.2) is 13.8 Å². The zero-order chi connectivity index (χ0) is 22.8. The number of carbonyl (C=O) groups is 3. The molecule has 6 nitrogen and oxygen atoms in total. The van der Waals surface area contributed by atoms with Crippen LogP contribution in [0.1, 0.15) is 32.1 Å². The van der Waals surface area contributed by atoms with Crippen LogP contribution in [0.15, 0.2) is 23.6 Å². The number of imide groups is 1. The number of nitrogens with zero attached hydrogens (tertiary/aromatic N) is 2. The summed E-state index contributed by atoms with van der Waals surface area (Å²) in [5.41, 5.74) is 0.192. The van der Waals surface area contributed by atoms with Gasteiger partial charge < -0.3 is 5.32 Å². The van der Waals surface area contributed by atoms with Gasteiger partial charge in [0.2, 0.25) is 17.7 Å². The van der Waals surface area contributed by atoms with Crippen molar-refractivity contribution in [2.24, 2.45) is 11.8 Å². The number of halogens is 2. The predicted octanol–water partition coefficient (Wildman–Crippen LogP) is 4.32. The van der Waals surface area contributed by atoms with Gasteiger partial charge in [0.1, 0.15) is 17.7 Å². The third-order valence-electron chi connectivity index (χ3n) is 6.02. The summed E-state index contributed by atoms with van der Waals surface area (Å²) in [4.78, 5) is 44.5. The first-order valence-electron chi connectivity index (χ1n) is 10.5. The smallest absolute Gasteiger partial charge is 0.249 e. The molecule has 3 atom stereocenters. The number of anilines is 1. The van der Waals surface area contributed by atoms with Crippen LogP contribution in [0.25, 0.3) is 11.3 Å². The molecule has 0 spiro atoms. The summed E-state index contributed by atoms with van der Waals surface area (Å²) in [7, 11) is 0. The average molecular weight is 480 g/mol. The maximum absolute atomic E-state index is 14.1. The molecule has 2 heterocycles. The molecule has 10 heteroatoms. The van der Waals surface area contributed by atoms with Crippen molar-refractivity contribution in [3.63, 3.8) is 0 Å². The van der Waals surface area contributed by atoms with Crippen molar-refractivity contribution in [2.75, 3.05) is 17.3 Å². The van der Waals surface area contributed by atoms with E-state index in [1.165, 1.54) is 17.1 Å². The van der Waals surface area contributed by atoms with Crippen molar-refractivity contribution in [3.8, 4) is 11.3 Å². The van der Waals surface area contributed by atoms with Crippen LogP contribution in [-0.4, -0.2) is 45.7 Å². The Morgan fingerprint density at radius 2 is 1.94 bits per heavy atom. The first-order chi connectivity index (χ1) is 15.4. The summed E-state index contributed by atoms with van der Waals surface area (Å²) < 4.78 is 27.6. The highest BCUT2D eigenvalue weighted by Gasteiger charge is 2.51. The van der Waals surface area contributed by atoms with Gasteiger partial charge in [0.15, 0.2) is 5.13 Å². The number of aromatic nitrogens is 1. The van der Waals surface area contributed by atoms with E-state index in [2.05, 4.69) is 10.3 Å². The minimum absolute atomic E-state index is 0.00495. The maximum atomic E-state index is 14.1. The van der Waals surface area contributed by atoms with E-state index in [4.69, 9.17) is 0 Å². The van der Waals surface area contributed by atoms with E-state index in [-0.39, 0.29) is 40.0 Å². The van der Waals surface area contributed by atoms with Crippen molar-refractivity contribution in [1.82, 2.24) is 9.88 Å². The summed E-state index contributed by atoms with van der Waals surface area (Å²) in [6, 6.07) is 2.16. The molecule has 1 N–H and O–H groups in total. The Morgan fingerprint density at radius 3 is 2.59 bits per heavy atom. The topological polar surface area (TPSA) is 79.4 Å². The fraction of sp³-hybridized carbons (Fsp3) is 0.455. The largest absolute Gasteiger partial charge is 0.300 e. The lowest BCUT2D eigenvalue weighted by Gasteiger charge is -2.25. The molecule has 1 aliphatic carbocycles. The number of hydrogen-bond donors (Lipinski definition) is 1. The molecule has 2 aromatic rings. The summed E-state index contributed by atoms with van der Waals surface area (Å²) in [6.07, 6.45) is 5.40. The Morgan fingerprint density at radius 1 is 1.25 bits per heavy atom. The number of rotatable bonds is 7. The first kappa shape index (κ1) is 22.8. The second-order valence-electron chi connectivity index (χ2n) is 7.99. The van der Waals surface area contributed by atoms with E-state index >= 15 is 0 Å². The summed E-state index contributed by atoms with van der Waals surface area (Å²) in [5.74, 6) is -2.30. The third kappa shape index (κ3) is 4.43. The van der Waals surface area contributed by atoms with Gasteiger partial charge >= 0.3 is 0 Å². The highest BCUT2D eigenvalue weighted by atomic mass is 32.2. The quantitative estimate of drug-likeness (QED) is 0.599. The molecule has 0 bridgehead atoms. The Bertz CT molecular complexity index is 1020. The zero-order valence-corrected chi connectivity index (χ0v) is 19.1. The van der Waals surface area contributed by atoms with Gasteiger partial charge in [-0.3, -0.25) is 19.3 Å². The lowest BCUT2D eigenvalue weighted by atomic mass is 9.81. The molecule has 170 valence electrons. The number of carbonyl (C=O) groups excluding carboxylic acids is 3. The number of benzene rings is 1. The Balaban J connectivity index is 1.54. The average Bonchev–Trinajstić information content (AvgIpc) is 3.34. The molecule has 3 amide bonds. The van der Waals surface area contributed by atoms with E-state index in [1.807, 2.05) is 6.26 Å². The van der Waals surface area contributed by atoms with E-state index in [1.54, 1.807) is 0 Å². The molecule has 1 aliphatic heterocycles. The number of fused-ring (bicyclic) bond motifs is 1. The lowest BCUT2D eigenvalue weighted by molar-refractivity contribution is -0.146. The number of nitrogens with one attached hydrogen (secondary N) is 1. The summed E-state index contributed by atoms with van der Waals surface area (Å²) in [5, 5.41) is 4.38. The summed E-state index contributed by atoms with van der Waals surface area (Å²) >= 11 is 2.59. The molecule has 0 radical (unpaired) electrons. The van der Waals surface area contributed by atoms with Gasteiger partial charge in [-0.2, -0.15) is 11.8 Å². The van der Waals surface area contributed by atoms with Crippen LogP contribution >= 0.6 is 23.1 Å². The van der Waals surface area contributed by atoms with Crippen LogP contribution in [0.4, 0.5) is 13.9 Å². The Hall–Kier alpha value is -2.33. The van der Waals surface area contributed by atoms with Crippen LogP contribution < -0.4 is 5.32 Å². The van der Waals surface area contributed by atoms with Gasteiger partial charge in [0, 0.05) is 10.9 Å². The van der Waals surface area contributed by atoms with Crippen molar-refractivity contribution in [2.45, 2.75) is 38.1 Å². The normalized spacial score (nSPS) is 21.5. The molecule has 2 fully saturated rings. The van der Waals surface area contributed by atoms with Gasteiger partial charge in [0.05, 0.1) is 17.5 Å². The maximum Gasteiger partial charge on any atom is 0.249 e. The van der Waals surface area contributed by atoms with Gasteiger partial charge in [-0.05, 0) is 49.5 Å². The van der Waals surface area contributed by atoms with Crippen molar-refractivity contribution < 1.29 is 23.2 Å². The molecule has 1 aromatic carbocycles. The third-order valence-corrected chi connectivity index (χ3v) is 7.43. The lowest BCUT2D eigenvalue weighted by Crippen LogP contribution is -2.48. The number of likely N-dealkylation sites (tertiary alicyclic amines) is 1. The van der Waals surface area contributed by atoms with Crippen LogP contribution in [0.2, 0.25) is 0 Å². The molecule has 0 unspecified atom stereocenters. The van der Waals surface area contributed by atoms with Crippen LogP contribution in [-0.2, 0) is 14.4 Å². The molecule has 1 saturated heterocycles. The number of amides is 3. The number of thiazole rings is 1. The van der Waals surface area contributed by atoms with E-state index in [0.717, 1.165) is 47.3 Å². The minimum Gasteiger partial charge on any atom is -0.300 e. The monoisotopic (exact) mass is 479 g/mol. The zero-order valence-electron chi connectivity index (χ0n) is 17.5. The standard InChI is InChI=1S/C22H23F2N3O3S2/c1-31-9-8-18(27-20(29)13-4-2-3-5-14(13)21(27)30)19(28)26-22-25-17(11-32-22)15-10-12(23)6-7-16(15)24/h6-7,10-11,13-14,18H,2-5,8-9H2,1H3,(H,25,26,28)/t13-,14-,18+/m0/s1. The highest BCUT2D eigenvalue weighted by molar-refractivity contribution is 7.98.